The Labute approximate surface area is 333 Å². The zero-order chi connectivity index (χ0) is 38.2. The van der Waals surface area contributed by atoms with Gasteiger partial charge in [-0.1, -0.05) is 161 Å². The molecular formula is C56H40O. The molecule has 1 heteroatoms. The van der Waals surface area contributed by atoms with Gasteiger partial charge in [0, 0.05) is 21.8 Å². The second-order valence-electron chi connectivity index (χ2n) is 17.3. The molecule has 0 spiro atoms. The van der Waals surface area contributed by atoms with Crippen molar-refractivity contribution in [1.82, 2.24) is 0 Å². The smallest absolute Gasteiger partial charge is 0.135 e. The third kappa shape index (κ3) is 4.51. The van der Waals surface area contributed by atoms with Gasteiger partial charge in [0.25, 0.3) is 0 Å². The Morgan fingerprint density at radius 3 is 1.63 bits per heavy atom. The molecule has 3 aliphatic rings. The molecule has 9 aromatic carbocycles. The van der Waals surface area contributed by atoms with E-state index in [4.69, 9.17) is 4.74 Å². The summed E-state index contributed by atoms with van der Waals surface area (Å²) in [4.78, 5) is 0. The van der Waals surface area contributed by atoms with Crippen LogP contribution in [0.25, 0.3) is 88.3 Å². The molecule has 0 atom stereocenters. The number of rotatable bonds is 3. The first-order valence-electron chi connectivity index (χ1n) is 20.2. The van der Waals surface area contributed by atoms with Gasteiger partial charge in [-0.3, -0.25) is 0 Å². The summed E-state index contributed by atoms with van der Waals surface area (Å²) >= 11 is 0. The van der Waals surface area contributed by atoms with Gasteiger partial charge in [0.1, 0.15) is 11.5 Å². The average molecular weight is 729 g/mol. The minimum Gasteiger partial charge on any atom is -0.456 e. The topological polar surface area (TPSA) is 9.23 Å². The third-order valence-electron chi connectivity index (χ3n) is 13.5. The molecule has 2 aliphatic carbocycles. The lowest BCUT2D eigenvalue weighted by Gasteiger charge is -2.24. The van der Waals surface area contributed by atoms with Crippen LogP contribution in [0.3, 0.4) is 0 Å². The minimum absolute atomic E-state index is 0.0723. The molecule has 1 heterocycles. The van der Waals surface area contributed by atoms with Crippen molar-refractivity contribution in [1.29, 1.82) is 0 Å². The van der Waals surface area contributed by atoms with E-state index in [0.717, 1.165) is 17.1 Å². The second-order valence-corrected chi connectivity index (χ2v) is 17.3. The maximum Gasteiger partial charge on any atom is 0.135 e. The lowest BCUT2D eigenvalue weighted by molar-refractivity contribution is 0.487. The van der Waals surface area contributed by atoms with Crippen LogP contribution < -0.4 is 4.74 Å². The lowest BCUT2D eigenvalue weighted by atomic mass is 9.80. The van der Waals surface area contributed by atoms with E-state index in [-0.39, 0.29) is 10.8 Å². The molecule has 12 rings (SSSR count). The molecule has 0 fully saturated rings. The zero-order valence-electron chi connectivity index (χ0n) is 32.6. The normalized spacial score (nSPS) is 14.7. The highest BCUT2D eigenvalue weighted by molar-refractivity contribution is 6.10. The first kappa shape index (κ1) is 32.5. The van der Waals surface area contributed by atoms with Crippen LogP contribution >= 0.6 is 0 Å². The van der Waals surface area contributed by atoms with Gasteiger partial charge >= 0.3 is 0 Å². The van der Waals surface area contributed by atoms with Crippen LogP contribution in [-0.4, -0.2) is 0 Å². The van der Waals surface area contributed by atoms with Crippen molar-refractivity contribution >= 4 is 21.5 Å². The molecule has 0 saturated heterocycles. The Bertz CT molecular complexity index is 3200. The maximum absolute atomic E-state index is 6.60. The molecule has 0 N–H and O–H groups in total. The lowest BCUT2D eigenvalue weighted by Crippen LogP contribution is -2.15. The molecule has 1 nitrogen and oxygen atoms in total. The Kier molecular flexibility index (Phi) is 6.53. The van der Waals surface area contributed by atoms with Crippen LogP contribution in [0.2, 0.25) is 0 Å². The predicted octanol–water partition coefficient (Wildman–Crippen LogP) is 15.4. The fourth-order valence-electron chi connectivity index (χ4n) is 10.5. The summed E-state index contributed by atoms with van der Waals surface area (Å²) in [6.45, 7) is 9.54. The molecule has 0 aromatic heterocycles. The largest absolute Gasteiger partial charge is 0.456 e. The Morgan fingerprint density at radius 2 is 0.895 bits per heavy atom. The van der Waals surface area contributed by atoms with Gasteiger partial charge in [-0.15, -0.1) is 0 Å². The molecule has 0 unspecified atom stereocenters. The fourth-order valence-corrected chi connectivity index (χ4v) is 10.5. The zero-order valence-corrected chi connectivity index (χ0v) is 32.6. The standard InChI is InChI=1S/C56H40O/c1-55(2)47-26-20-34-13-8-9-14-40(34)53(47)45-24-19-38(32-50(45)55)37-18-23-42-41-22-17-36(30-48(41)56(3,4)49(42)31-37)35-21-27-51-46(29-35)44-16-10-15-43-39(33-11-6-5-7-12-33)25-28-52(57-51)54(43)44/h5-32H,1-4H3. The average Bonchev–Trinajstić information content (AvgIpc) is 3.62. The van der Waals surface area contributed by atoms with E-state index in [1.165, 1.54) is 105 Å². The van der Waals surface area contributed by atoms with Crippen LogP contribution in [0, 0.1) is 0 Å². The summed E-state index contributed by atoms with van der Waals surface area (Å²) in [5.74, 6) is 1.82. The number of hydrogen-bond acceptors (Lipinski definition) is 1. The minimum atomic E-state index is -0.155. The molecule has 0 bridgehead atoms. The van der Waals surface area contributed by atoms with Crippen LogP contribution in [0.1, 0.15) is 49.9 Å². The van der Waals surface area contributed by atoms with Crippen LogP contribution in [-0.2, 0) is 10.8 Å². The van der Waals surface area contributed by atoms with Crippen molar-refractivity contribution in [3.63, 3.8) is 0 Å². The van der Waals surface area contributed by atoms with Crippen molar-refractivity contribution in [3.8, 4) is 78.3 Å². The molecule has 0 amide bonds. The van der Waals surface area contributed by atoms with Crippen molar-refractivity contribution in [2.75, 3.05) is 0 Å². The molecular weight excluding hydrogens is 689 g/mol. The molecule has 270 valence electrons. The number of fused-ring (bicyclic) bond motifs is 10. The highest BCUT2D eigenvalue weighted by atomic mass is 16.5. The van der Waals surface area contributed by atoms with Gasteiger partial charge in [-0.05, 0) is 136 Å². The number of benzene rings is 9. The van der Waals surface area contributed by atoms with Gasteiger partial charge in [0.15, 0.2) is 0 Å². The maximum atomic E-state index is 6.60. The summed E-state index contributed by atoms with van der Waals surface area (Å²) < 4.78 is 6.60. The predicted molar refractivity (Wildman–Crippen MR) is 238 cm³/mol. The van der Waals surface area contributed by atoms with E-state index in [2.05, 4.69) is 198 Å². The molecule has 9 aromatic rings. The van der Waals surface area contributed by atoms with Crippen LogP contribution in [0.5, 0.6) is 11.5 Å². The highest BCUT2D eigenvalue weighted by Crippen LogP contribution is 2.55. The second kappa shape index (κ2) is 11.4. The third-order valence-corrected chi connectivity index (χ3v) is 13.5. The van der Waals surface area contributed by atoms with E-state index in [0.29, 0.717) is 0 Å². The summed E-state index contributed by atoms with van der Waals surface area (Å²) in [7, 11) is 0. The van der Waals surface area contributed by atoms with Gasteiger partial charge in [0.2, 0.25) is 0 Å². The fraction of sp³-hybridized carbons (Fsp3) is 0.107. The number of ether oxygens (including phenoxy) is 1. The van der Waals surface area contributed by atoms with Gasteiger partial charge in [0.05, 0.1) is 0 Å². The monoisotopic (exact) mass is 728 g/mol. The van der Waals surface area contributed by atoms with E-state index in [1.807, 2.05) is 0 Å². The van der Waals surface area contributed by atoms with Gasteiger partial charge in [-0.25, -0.2) is 0 Å². The Hall–Kier alpha value is -6.70. The Morgan fingerprint density at radius 1 is 0.333 bits per heavy atom. The van der Waals surface area contributed by atoms with Crippen molar-refractivity contribution in [3.05, 3.63) is 192 Å². The first-order valence-corrected chi connectivity index (χ1v) is 20.2. The van der Waals surface area contributed by atoms with E-state index >= 15 is 0 Å². The van der Waals surface area contributed by atoms with Crippen molar-refractivity contribution < 1.29 is 4.74 Å². The van der Waals surface area contributed by atoms with Gasteiger partial charge in [-0.2, -0.15) is 0 Å². The van der Waals surface area contributed by atoms with Crippen LogP contribution in [0.15, 0.2) is 170 Å². The summed E-state index contributed by atoms with van der Waals surface area (Å²) in [5.41, 5.74) is 20.5. The summed E-state index contributed by atoms with van der Waals surface area (Å²) in [5, 5.41) is 5.03. The molecule has 0 saturated carbocycles. The van der Waals surface area contributed by atoms with Crippen molar-refractivity contribution in [2.45, 2.75) is 38.5 Å². The van der Waals surface area contributed by atoms with E-state index in [1.54, 1.807) is 0 Å². The molecule has 0 radical (unpaired) electrons. The van der Waals surface area contributed by atoms with E-state index < -0.39 is 0 Å². The SMILES string of the molecule is CC1(C)c2cc(-c3ccc4c(c3)-c3cccc5c(-c6ccccc6)ccc(c35)O4)ccc2-c2ccc(-c3ccc4c(c3)C(C)(C)c3ccc5ccccc5c3-4)cc21. The highest BCUT2D eigenvalue weighted by Gasteiger charge is 2.38. The first-order chi connectivity index (χ1) is 27.8. The Balaban J connectivity index is 0.912. The summed E-state index contributed by atoms with van der Waals surface area (Å²) in [6, 6.07) is 63.1. The van der Waals surface area contributed by atoms with E-state index in [9.17, 15) is 0 Å². The van der Waals surface area contributed by atoms with Crippen LogP contribution in [0.4, 0.5) is 0 Å². The van der Waals surface area contributed by atoms with Crippen molar-refractivity contribution in [2.24, 2.45) is 0 Å². The van der Waals surface area contributed by atoms with Gasteiger partial charge < -0.3 is 4.74 Å². The quantitative estimate of drug-likeness (QED) is 0.176. The molecule has 57 heavy (non-hydrogen) atoms. The number of hydrogen-bond donors (Lipinski definition) is 0. The summed E-state index contributed by atoms with van der Waals surface area (Å²) in [6.07, 6.45) is 0. The molecule has 1 aliphatic heterocycles.